The lowest BCUT2D eigenvalue weighted by Crippen LogP contribution is -2.31. The Labute approximate surface area is 219 Å². The largest absolute Gasteiger partial charge is 0.503 e. The summed E-state index contributed by atoms with van der Waals surface area (Å²) in [6, 6.07) is 9.95. The maximum absolute atomic E-state index is 13.7. The van der Waals surface area contributed by atoms with Crippen LogP contribution in [0.4, 0.5) is 10.8 Å². The van der Waals surface area contributed by atoms with Crippen LogP contribution < -0.4 is 4.90 Å². The van der Waals surface area contributed by atoms with E-state index in [1.165, 1.54) is 48.5 Å². The number of carbonyl (C=O) groups is 2. The van der Waals surface area contributed by atoms with Gasteiger partial charge >= 0.3 is 0 Å². The number of hydrogen-bond donors (Lipinski definition) is 1. The number of hydrogen-bond acceptors (Lipinski definition) is 10. The fourth-order valence-electron chi connectivity index (χ4n) is 4.39. The zero-order valence-corrected chi connectivity index (χ0v) is 21.8. The number of thiazole rings is 1. The van der Waals surface area contributed by atoms with E-state index >= 15 is 0 Å². The maximum atomic E-state index is 13.7. The molecule has 0 aliphatic carbocycles. The minimum Gasteiger partial charge on any atom is -0.503 e. The molecular weight excluding hydrogens is 534 g/mol. The summed E-state index contributed by atoms with van der Waals surface area (Å²) in [5.41, 5.74) is 0.176. The molecule has 0 radical (unpaired) electrons. The summed E-state index contributed by atoms with van der Waals surface area (Å²) in [7, 11) is -3.51. The molecule has 0 saturated heterocycles. The number of aliphatic hydroxyl groups is 1. The number of aliphatic hydroxyl groups excluding tert-OH is 1. The van der Waals surface area contributed by atoms with E-state index in [-0.39, 0.29) is 38.2 Å². The number of fused-ring (bicyclic) bond motifs is 1. The first-order valence-corrected chi connectivity index (χ1v) is 13.8. The standard InChI is InChI=1S/C25H19N3O8S2/c1-12-9-17(13(2)36-12)22(29)20-21(14-5-4-6-15(10-14)28(32)33)27(24(31)23(20)30)25-26-18-8-7-16(38(3,34)35)11-19(18)37-25/h4-11,21,30H,1-3H3. The molecule has 1 aliphatic rings. The Morgan fingerprint density at radius 2 is 1.92 bits per heavy atom. The van der Waals surface area contributed by atoms with Crippen molar-refractivity contribution in [3.8, 4) is 0 Å². The van der Waals surface area contributed by atoms with Gasteiger partial charge in [0.1, 0.15) is 11.5 Å². The lowest BCUT2D eigenvalue weighted by molar-refractivity contribution is -0.384. The van der Waals surface area contributed by atoms with Gasteiger partial charge in [-0.25, -0.2) is 13.4 Å². The van der Waals surface area contributed by atoms with Crippen molar-refractivity contribution < 1.29 is 32.5 Å². The highest BCUT2D eigenvalue weighted by Gasteiger charge is 2.46. The minimum atomic E-state index is -3.51. The average Bonchev–Trinajstić information content (AvgIpc) is 3.50. The molecule has 1 amide bonds. The molecule has 2 aromatic heterocycles. The lowest BCUT2D eigenvalue weighted by Gasteiger charge is -2.24. The molecule has 11 nitrogen and oxygen atoms in total. The molecule has 2 aromatic carbocycles. The van der Waals surface area contributed by atoms with Gasteiger partial charge in [0, 0.05) is 18.4 Å². The summed E-state index contributed by atoms with van der Waals surface area (Å²) in [4.78, 5) is 43.6. The van der Waals surface area contributed by atoms with Crippen molar-refractivity contribution in [2.75, 3.05) is 11.2 Å². The Hall–Kier alpha value is -4.36. The summed E-state index contributed by atoms with van der Waals surface area (Å²) in [6.07, 6.45) is 1.07. The molecule has 1 unspecified atom stereocenters. The second-order valence-corrected chi connectivity index (χ2v) is 11.8. The highest BCUT2D eigenvalue weighted by atomic mass is 32.2. The highest BCUT2D eigenvalue weighted by Crippen LogP contribution is 2.45. The van der Waals surface area contributed by atoms with Gasteiger partial charge in [-0.1, -0.05) is 23.5 Å². The molecule has 0 saturated carbocycles. The molecule has 1 aliphatic heterocycles. The average molecular weight is 554 g/mol. The van der Waals surface area contributed by atoms with Gasteiger partial charge in [0.25, 0.3) is 11.6 Å². The molecule has 194 valence electrons. The molecule has 1 N–H and O–H groups in total. The minimum absolute atomic E-state index is 0.0609. The Morgan fingerprint density at radius 3 is 2.55 bits per heavy atom. The van der Waals surface area contributed by atoms with Crippen molar-refractivity contribution in [3.63, 3.8) is 0 Å². The van der Waals surface area contributed by atoms with Crippen molar-refractivity contribution in [3.05, 3.63) is 92.6 Å². The quantitative estimate of drug-likeness (QED) is 0.204. The first-order valence-electron chi connectivity index (χ1n) is 11.1. The van der Waals surface area contributed by atoms with Crippen LogP contribution >= 0.6 is 11.3 Å². The van der Waals surface area contributed by atoms with Crippen molar-refractivity contribution in [1.29, 1.82) is 0 Å². The number of aryl methyl sites for hydroxylation is 2. The van der Waals surface area contributed by atoms with E-state index in [0.717, 1.165) is 22.5 Å². The predicted octanol–water partition coefficient (Wildman–Crippen LogP) is 4.60. The summed E-state index contributed by atoms with van der Waals surface area (Å²) in [5.74, 6) is -1.69. The molecule has 0 spiro atoms. The molecule has 0 bridgehead atoms. The number of amides is 1. The van der Waals surface area contributed by atoms with E-state index in [1.54, 1.807) is 13.8 Å². The highest BCUT2D eigenvalue weighted by molar-refractivity contribution is 7.90. The number of benzene rings is 2. The van der Waals surface area contributed by atoms with Crippen LogP contribution in [0.25, 0.3) is 10.2 Å². The first kappa shape index (κ1) is 25.3. The van der Waals surface area contributed by atoms with Crippen LogP contribution in [-0.2, 0) is 14.6 Å². The fourth-order valence-corrected chi connectivity index (χ4v) is 6.14. The third-order valence-electron chi connectivity index (χ3n) is 6.12. The normalized spacial score (nSPS) is 16.0. The molecule has 13 heteroatoms. The monoisotopic (exact) mass is 553 g/mol. The number of furan rings is 1. The number of carbonyl (C=O) groups excluding carboxylic acids is 2. The lowest BCUT2D eigenvalue weighted by atomic mass is 9.92. The third kappa shape index (κ3) is 4.15. The Morgan fingerprint density at radius 1 is 1.18 bits per heavy atom. The number of nitrogens with zero attached hydrogens (tertiary/aromatic N) is 3. The van der Waals surface area contributed by atoms with Gasteiger partial charge in [0.2, 0.25) is 0 Å². The van der Waals surface area contributed by atoms with Crippen molar-refractivity contribution in [2.45, 2.75) is 24.8 Å². The van der Waals surface area contributed by atoms with E-state index in [0.29, 0.717) is 16.0 Å². The van der Waals surface area contributed by atoms with Gasteiger partial charge in [-0.05, 0) is 43.7 Å². The van der Waals surface area contributed by atoms with Crippen LogP contribution in [0.1, 0.15) is 33.5 Å². The van der Waals surface area contributed by atoms with E-state index in [1.807, 2.05) is 0 Å². The van der Waals surface area contributed by atoms with Gasteiger partial charge in [-0.15, -0.1) is 0 Å². The van der Waals surface area contributed by atoms with Gasteiger partial charge in [0.15, 0.2) is 26.5 Å². The van der Waals surface area contributed by atoms with Crippen LogP contribution in [0, 0.1) is 24.0 Å². The number of nitro benzene ring substituents is 1. The van der Waals surface area contributed by atoms with E-state index in [9.17, 15) is 33.2 Å². The number of Topliss-reactive ketones (excluding diaryl/α,β-unsaturated/α-hetero) is 1. The molecule has 1 atom stereocenters. The van der Waals surface area contributed by atoms with E-state index < -0.39 is 38.3 Å². The van der Waals surface area contributed by atoms with Crippen LogP contribution in [0.3, 0.4) is 0 Å². The second-order valence-electron chi connectivity index (χ2n) is 8.75. The van der Waals surface area contributed by atoms with Crippen LogP contribution in [-0.4, -0.2) is 41.4 Å². The molecule has 4 aromatic rings. The topological polar surface area (TPSA) is 161 Å². The molecule has 38 heavy (non-hydrogen) atoms. The molecular formula is C25H19N3O8S2. The zero-order chi connectivity index (χ0) is 27.5. The van der Waals surface area contributed by atoms with Gasteiger partial charge < -0.3 is 9.52 Å². The van der Waals surface area contributed by atoms with Crippen molar-refractivity contribution in [1.82, 2.24) is 4.98 Å². The summed E-state index contributed by atoms with van der Waals surface area (Å²) in [6.45, 7) is 3.22. The third-order valence-corrected chi connectivity index (χ3v) is 8.25. The molecule has 5 rings (SSSR count). The van der Waals surface area contributed by atoms with Crippen molar-refractivity contribution >= 4 is 53.9 Å². The molecule has 0 fully saturated rings. The van der Waals surface area contributed by atoms with Crippen molar-refractivity contribution in [2.24, 2.45) is 0 Å². The summed E-state index contributed by atoms with van der Waals surface area (Å²) in [5, 5.41) is 22.5. The Kier molecular flexibility index (Phi) is 5.92. The number of rotatable bonds is 6. The zero-order valence-electron chi connectivity index (χ0n) is 20.2. The Bertz CT molecular complexity index is 1820. The van der Waals surface area contributed by atoms with E-state index in [4.69, 9.17) is 4.42 Å². The number of anilines is 1. The summed E-state index contributed by atoms with van der Waals surface area (Å²) < 4.78 is 30.0. The van der Waals surface area contributed by atoms with Crippen LogP contribution in [0.5, 0.6) is 0 Å². The Balaban J connectivity index is 1.71. The van der Waals surface area contributed by atoms with Gasteiger partial charge in [-0.3, -0.25) is 24.6 Å². The number of sulfone groups is 1. The fraction of sp³-hybridized carbons (Fsp3) is 0.160. The number of ketones is 1. The van der Waals surface area contributed by atoms with Gasteiger partial charge in [-0.2, -0.15) is 0 Å². The molecule has 3 heterocycles. The number of nitro groups is 1. The van der Waals surface area contributed by atoms with Crippen LogP contribution in [0.2, 0.25) is 0 Å². The SMILES string of the molecule is Cc1cc(C(=O)C2=C(O)C(=O)N(c3nc4ccc(S(C)(=O)=O)cc4s3)C2c2cccc([N+](=O)[O-])c2)c(C)o1. The van der Waals surface area contributed by atoms with Gasteiger partial charge in [0.05, 0.1) is 37.2 Å². The van der Waals surface area contributed by atoms with Crippen LogP contribution in [0.15, 0.2) is 69.2 Å². The maximum Gasteiger partial charge on any atom is 0.296 e. The summed E-state index contributed by atoms with van der Waals surface area (Å²) >= 11 is 0.984. The smallest absolute Gasteiger partial charge is 0.296 e. The predicted molar refractivity (Wildman–Crippen MR) is 138 cm³/mol. The number of aromatic nitrogens is 1. The second kappa shape index (κ2) is 8.89. The number of non-ortho nitro benzene ring substituents is 1. The van der Waals surface area contributed by atoms with E-state index in [2.05, 4.69) is 4.98 Å². The first-order chi connectivity index (χ1) is 17.9.